The second-order valence-electron chi connectivity index (χ2n) is 16.4. The van der Waals surface area contributed by atoms with Crippen LogP contribution in [0, 0.1) is 13.5 Å². The third-order valence-electron chi connectivity index (χ3n) is 12.1. The Morgan fingerprint density at radius 1 is 0.631 bits per heavy atom. The van der Waals surface area contributed by atoms with Gasteiger partial charge in [0.15, 0.2) is 11.8 Å². The van der Waals surface area contributed by atoms with Gasteiger partial charge in [0.25, 0.3) is 0 Å². The minimum absolute atomic E-state index is 0.250. The molecule has 8 aromatic rings. The molecule has 0 N–H and O–H groups in total. The van der Waals surface area contributed by atoms with E-state index >= 15 is 0 Å². The Labute approximate surface area is 382 Å². The molecule has 1 unspecified atom stereocenters. The number of unbranched alkanes of at least 4 members (excludes halogenated alkanes) is 3. The van der Waals surface area contributed by atoms with E-state index in [0.29, 0.717) is 0 Å². The number of aryl methyl sites for hydroxylation is 2. The van der Waals surface area contributed by atoms with E-state index in [4.69, 9.17) is 20.9 Å². The van der Waals surface area contributed by atoms with Crippen molar-refractivity contribution in [2.45, 2.75) is 51.6 Å². The molecule has 1 aliphatic rings. The normalized spacial score (nSPS) is 13.8. The molecule has 8 aromatic carbocycles. The van der Waals surface area contributed by atoms with Gasteiger partial charge < -0.3 is 9.64 Å². The van der Waals surface area contributed by atoms with Crippen LogP contribution in [0.4, 0.5) is 17.1 Å². The molecule has 0 radical (unpaired) electrons. The molecule has 1 aliphatic heterocycles. The first-order chi connectivity index (χ1) is 31.9. The number of fused-ring (bicyclic) bond motifs is 3. The van der Waals surface area contributed by atoms with Crippen molar-refractivity contribution in [3.63, 3.8) is 0 Å². The van der Waals surface area contributed by atoms with Gasteiger partial charge in [0, 0.05) is 33.8 Å². The lowest BCUT2D eigenvalue weighted by atomic mass is 9.82. The Kier molecular flexibility index (Phi) is 13.7. The van der Waals surface area contributed by atoms with Crippen molar-refractivity contribution in [3.05, 3.63) is 239 Å². The van der Waals surface area contributed by atoms with E-state index in [1.165, 1.54) is 59.5 Å². The van der Waals surface area contributed by atoms with Gasteiger partial charge in [0.05, 0.1) is 6.57 Å². The summed E-state index contributed by atoms with van der Waals surface area (Å²) in [5.41, 5.74) is 14.1. The molecule has 0 spiro atoms. The molecular weight excluding hydrogens is 797 g/mol. The minimum Gasteiger partial charge on any atom is -0.473 e. The van der Waals surface area contributed by atoms with Crippen LogP contribution in [0.15, 0.2) is 194 Å². The van der Waals surface area contributed by atoms with Gasteiger partial charge in [-0.15, -0.1) is 0 Å². The van der Waals surface area contributed by atoms with Gasteiger partial charge in [-0.2, -0.15) is 9.59 Å². The highest BCUT2D eigenvalue weighted by Crippen LogP contribution is 2.45. The highest BCUT2D eigenvalue weighted by molar-refractivity contribution is 5.96. The third kappa shape index (κ3) is 9.80. The molecule has 1 atom stereocenters. The smallest absolute Gasteiger partial charge is 0.373 e. The third-order valence-corrected chi connectivity index (χ3v) is 12.1. The topological polar surface area (TPSA) is 51.0 Å². The average Bonchev–Trinajstić information content (AvgIpc) is 3.36. The van der Waals surface area contributed by atoms with Gasteiger partial charge in [-0.05, 0) is 125 Å². The van der Waals surface area contributed by atoms with Crippen LogP contribution < -0.4 is 9.64 Å². The lowest BCUT2D eigenvalue weighted by molar-refractivity contribution is -0.191. The van der Waals surface area contributed by atoms with Crippen molar-refractivity contribution in [2.75, 3.05) is 4.90 Å². The molecule has 0 aromatic heterocycles. The first kappa shape index (κ1) is 43.6. The highest BCUT2D eigenvalue weighted by atomic mass is 16.5. The Morgan fingerprint density at radius 2 is 1.20 bits per heavy atom. The van der Waals surface area contributed by atoms with E-state index in [1.807, 2.05) is 24.3 Å². The Morgan fingerprint density at radius 3 is 1.85 bits per heavy atom. The number of hydrogen-bond donors (Lipinski definition) is 0. The largest absolute Gasteiger partial charge is 0.473 e. The first-order valence-corrected chi connectivity index (χ1v) is 22.2. The van der Waals surface area contributed by atoms with Crippen LogP contribution in [-0.4, -0.2) is 6.15 Å². The predicted octanol–water partition coefficient (Wildman–Crippen LogP) is 15.7. The van der Waals surface area contributed by atoms with Crippen molar-refractivity contribution in [2.24, 2.45) is 0 Å². The predicted molar refractivity (Wildman–Crippen MR) is 266 cm³/mol. The number of benzene rings is 8. The zero-order valence-corrected chi connectivity index (χ0v) is 36.8. The number of carbonyl (C=O) groups excluding carboxylic acids is 2. The number of rotatable bonds is 13. The molecule has 65 heavy (non-hydrogen) atoms. The van der Waals surface area contributed by atoms with E-state index in [-0.39, 0.29) is 6.15 Å². The summed E-state index contributed by atoms with van der Waals surface area (Å²) in [6.45, 7) is 11.4. The average molecular weight is 847 g/mol. The minimum atomic E-state index is -0.792. The molecule has 0 saturated heterocycles. The van der Waals surface area contributed by atoms with E-state index in [2.05, 4.69) is 200 Å². The van der Waals surface area contributed by atoms with Crippen molar-refractivity contribution in [1.29, 1.82) is 0 Å². The van der Waals surface area contributed by atoms with Gasteiger partial charge in [-0.3, -0.25) is 0 Å². The summed E-state index contributed by atoms with van der Waals surface area (Å²) in [5, 5.41) is 2.33. The van der Waals surface area contributed by atoms with Crippen LogP contribution in [0.2, 0.25) is 0 Å². The summed E-state index contributed by atoms with van der Waals surface area (Å²) < 4.78 is 7.14. The number of anilines is 3. The molecule has 5 heteroatoms. The van der Waals surface area contributed by atoms with Crippen LogP contribution in [-0.2, 0) is 21.6 Å². The summed E-state index contributed by atoms with van der Waals surface area (Å²) in [6, 6.07) is 65.4. The van der Waals surface area contributed by atoms with Gasteiger partial charge in [-0.1, -0.05) is 171 Å². The Bertz CT molecular complexity index is 2990. The molecule has 9 rings (SSSR count). The summed E-state index contributed by atoms with van der Waals surface area (Å²) in [5.74, 6) is 0.855. The summed E-state index contributed by atoms with van der Waals surface area (Å²) in [6.07, 6.45) is 14.2. The summed E-state index contributed by atoms with van der Waals surface area (Å²) >= 11 is 0. The maximum absolute atomic E-state index is 8.12. The fraction of sp³-hybridized carbons (Fsp3) is 0.133. The highest BCUT2D eigenvalue weighted by Gasteiger charge is 2.37. The Hall–Kier alpha value is -8.03. The SMILES string of the molecule is O=C=O.[C-]#[N+]/C=C\c1ccc(-c2ccc(C3(c4ccccc4)C=Cc4c(ccc5cc(-c6ccc(N(c7ccc(C)cc7)c7ccc(CCCCCC)cc7)cc6)ccc45)O3)cc2)cc1. The maximum atomic E-state index is 8.12. The molecule has 0 bridgehead atoms. The fourth-order valence-corrected chi connectivity index (χ4v) is 8.68. The lowest BCUT2D eigenvalue weighted by Crippen LogP contribution is -2.34. The molecule has 318 valence electrons. The molecule has 1 heterocycles. The van der Waals surface area contributed by atoms with E-state index < -0.39 is 5.60 Å². The molecule has 0 fully saturated rings. The second-order valence-corrected chi connectivity index (χ2v) is 16.4. The quantitative estimate of drug-likeness (QED) is 0.0857. The van der Waals surface area contributed by atoms with Crippen LogP contribution in [0.5, 0.6) is 5.75 Å². The Balaban J connectivity index is 0.00000187. The van der Waals surface area contributed by atoms with E-state index in [9.17, 15) is 0 Å². The van der Waals surface area contributed by atoms with Gasteiger partial charge in [-0.25, -0.2) is 4.85 Å². The van der Waals surface area contributed by atoms with Gasteiger partial charge in [0.2, 0.25) is 0 Å². The number of hydrogen-bond acceptors (Lipinski definition) is 4. The van der Waals surface area contributed by atoms with Crippen LogP contribution in [0.3, 0.4) is 0 Å². The van der Waals surface area contributed by atoms with Gasteiger partial charge in [0.1, 0.15) is 5.75 Å². The van der Waals surface area contributed by atoms with Gasteiger partial charge >= 0.3 is 6.15 Å². The summed E-state index contributed by atoms with van der Waals surface area (Å²) in [7, 11) is 0. The zero-order valence-electron chi connectivity index (χ0n) is 36.8. The fourth-order valence-electron chi connectivity index (χ4n) is 8.68. The standard InChI is InChI=1S/C59H50N2O.CO2/c1-4-5-6-8-11-44-18-32-54(33-19-44)61(53-30-14-43(2)15-31-53)55-34-24-48(25-35-55)49-26-36-56-50(42-49)27-37-58-57(56)38-40-59(62-58,51-12-9-7-10-13-51)52-28-22-47(23-29-52)46-20-16-45(17-21-46)39-41-60-3;2-1-3/h7,9-10,12-42H,4-6,8,11H2,1-2H3;/b41-39-;. The van der Waals surface area contributed by atoms with Crippen LogP contribution in [0.25, 0.3) is 50.0 Å². The van der Waals surface area contributed by atoms with Crippen LogP contribution >= 0.6 is 0 Å². The molecule has 0 aliphatic carbocycles. The maximum Gasteiger partial charge on any atom is 0.373 e. The zero-order chi connectivity index (χ0) is 45.0. The van der Waals surface area contributed by atoms with Crippen molar-refractivity contribution >= 4 is 46.1 Å². The van der Waals surface area contributed by atoms with Crippen molar-refractivity contribution in [1.82, 2.24) is 0 Å². The molecule has 0 amide bonds. The monoisotopic (exact) mass is 846 g/mol. The molecular formula is C60H50N2O3. The number of ether oxygens (including phenoxy) is 1. The summed E-state index contributed by atoms with van der Waals surface area (Å²) in [4.78, 5) is 21.9. The lowest BCUT2D eigenvalue weighted by Gasteiger charge is -2.36. The van der Waals surface area contributed by atoms with E-state index in [1.54, 1.807) is 0 Å². The van der Waals surface area contributed by atoms with E-state index in [0.717, 1.165) is 68.0 Å². The van der Waals surface area contributed by atoms with Crippen molar-refractivity contribution < 1.29 is 14.3 Å². The second kappa shape index (κ2) is 20.4. The molecule has 5 nitrogen and oxygen atoms in total. The number of nitrogens with zero attached hydrogens (tertiary/aromatic N) is 2. The van der Waals surface area contributed by atoms with Crippen molar-refractivity contribution in [3.8, 4) is 28.0 Å². The van der Waals surface area contributed by atoms with Crippen LogP contribution in [0.1, 0.15) is 66.0 Å². The first-order valence-electron chi connectivity index (χ1n) is 22.2. The molecule has 0 saturated carbocycles.